The normalized spacial score (nSPS) is 45.3. The second kappa shape index (κ2) is 10.2. The number of rotatable bonds is 7. The van der Waals surface area contributed by atoms with Gasteiger partial charge in [0.1, 0.15) is 0 Å². The van der Waals surface area contributed by atoms with E-state index in [0.717, 1.165) is 56.5 Å². The van der Waals surface area contributed by atoms with E-state index in [2.05, 4.69) is 40.7 Å². The van der Waals surface area contributed by atoms with Gasteiger partial charge in [-0.25, -0.2) is 0 Å². The maximum absolute atomic E-state index is 6.56. The zero-order valence-electron chi connectivity index (χ0n) is 22.8. The topological polar surface area (TPSA) is 27.7 Å². The standard InChI is InChI=1S/C31H52O3/c1-21(2)18-33-19-22(3)27-10-11-28-26-9-8-23-17-24(34-25-7-6-16-32-20-25)12-14-30(23,4)29(26)13-15-31(27,28)5/h8,21-22,24-29H,6-7,9-20H2,1-5H3/t22-,24+,25?,26+,27-,28+,29+,30+,31-/m1/s1. The van der Waals surface area contributed by atoms with Gasteiger partial charge in [0.05, 0.1) is 18.8 Å². The van der Waals surface area contributed by atoms with Gasteiger partial charge in [-0.1, -0.05) is 46.3 Å². The minimum Gasteiger partial charge on any atom is -0.381 e. The summed E-state index contributed by atoms with van der Waals surface area (Å²) in [6.45, 7) is 15.9. The van der Waals surface area contributed by atoms with Crippen LogP contribution in [0.1, 0.15) is 98.8 Å². The molecule has 0 radical (unpaired) electrons. The molecule has 3 heteroatoms. The molecule has 3 saturated carbocycles. The van der Waals surface area contributed by atoms with Crippen molar-refractivity contribution in [2.75, 3.05) is 26.4 Å². The molecule has 194 valence electrons. The number of hydrogen-bond acceptors (Lipinski definition) is 3. The highest BCUT2D eigenvalue weighted by molar-refractivity contribution is 5.25. The van der Waals surface area contributed by atoms with Crippen LogP contribution < -0.4 is 0 Å². The molecule has 1 saturated heterocycles. The van der Waals surface area contributed by atoms with Gasteiger partial charge in [0.15, 0.2) is 0 Å². The Labute approximate surface area is 209 Å². The van der Waals surface area contributed by atoms with Crippen molar-refractivity contribution in [2.45, 2.75) is 111 Å². The van der Waals surface area contributed by atoms with Crippen LogP contribution in [0.5, 0.6) is 0 Å². The quantitative estimate of drug-likeness (QED) is 0.360. The van der Waals surface area contributed by atoms with Gasteiger partial charge in [-0.3, -0.25) is 0 Å². The molecule has 9 atom stereocenters. The van der Waals surface area contributed by atoms with Crippen LogP contribution in [0.3, 0.4) is 0 Å². The summed E-state index contributed by atoms with van der Waals surface area (Å²) in [6.07, 6.45) is 16.6. The Morgan fingerprint density at radius 1 is 0.971 bits per heavy atom. The van der Waals surface area contributed by atoms with Crippen molar-refractivity contribution in [2.24, 2.45) is 46.3 Å². The Kier molecular flexibility index (Phi) is 7.56. The van der Waals surface area contributed by atoms with Gasteiger partial charge in [-0.15, -0.1) is 0 Å². The molecule has 1 heterocycles. The molecule has 0 aromatic heterocycles. The van der Waals surface area contributed by atoms with E-state index in [1.807, 2.05) is 0 Å². The number of hydrogen-bond donors (Lipinski definition) is 0. The van der Waals surface area contributed by atoms with Crippen molar-refractivity contribution in [1.29, 1.82) is 0 Å². The third-order valence-electron chi connectivity index (χ3n) is 11.2. The molecule has 1 aliphatic heterocycles. The highest BCUT2D eigenvalue weighted by Gasteiger charge is 2.59. The van der Waals surface area contributed by atoms with E-state index in [1.54, 1.807) is 5.57 Å². The molecule has 3 nitrogen and oxygen atoms in total. The average molecular weight is 473 g/mol. The molecule has 5 rings (SSSR count). The maximum atomic E-state index is 6.56. The van der Waals surface area contributed by atoms with Crippen LogP contribution in [0, 0.1) is 46.3 Å². The fourth-order valence-corrected chi connectivity index (χ4v) is 9.42. The molecule has 1 unspecified atom stereocenters. The van der Waals surface area contributed by atoms with E-state index in [1.165, 1.54) is 57.8 Å². The molecular formula is C31H52O3. The molecule has 5 aliphatic rings. The molecule has 0 N–H and O–H groups in total. The summed E-state index contributed by atoms with van der Waals surface area (Å²) in [6, 6.07) is 0. The first-order valence-corrected chi connectivity index (χ1v) is 14.8. The molecule has 4 aliphatic carbocycles. The van der Waals surface area contributed by atoms with E-state index in [9.17, 15) is 0 Å². The number of fused-ring (bicyclic) bond motifs is 5. The average Bonchev–Trinajstić information content (AvgIpc) is 3.17. The van der Waals surface area contributed by atoms with Crippen LogP contribution in [0.4, 0.5) is 0 Å². The fraction of sp³-hybridized carbons (Fsp3) is 0.935. The Morgan fingerprint density at radius 2 is 1.82 bits per heavy atom. The Balaban J connectivity index is 1.24. The summed E-state index contributed by atoms with van der Waals surface area (Å²) in [7, 11) is 0. The van der Waals surface area contributed by atoms with Crippen LogP contribution >= 0.6 is 0 Å². The van der Waals surface area contributed by atoms with Gasteiger partial charge in [0, 0.05) is 19.8 Å². The van der Waals surface area contributed by atoms with Crippen molar-refractivity contribution in [3.05, 3.63) is 11.6 Å². The van der Waals surface area contributed by atoms with Crippen LogP contribution in [0.25, 0.3) is 0 Å². The van der Waals surface area contributed by atoms with Gasteiger partial charge in [0.2, 0.25) is 0 Å². The Bertz CT molecular complexity index is 724. The van der Waals surface area contributed by atoms with Gasteiger partial charge in [-0.2, -0.15) is 0 Å². The minimum atomic E-state index is 0.331. The van der Waals surface area contributed by atoms with Crippen LogP contribution in [-0.4, -0.2) is 38.6 Å². The first-order chi connectivity index (χ1) is 16.3. The molecular weight excluding hydrogens is 420 g/mol. The summed E-state index contributed by atoms with van der Waals surface area (Å²) in [5.74, 6) is 4.85. The lowest BCUT2D eigenvalue weighted by Gasteiger charge is -2.58. The zero-order chi connectivity index (χ0) is 23.9. The van der Waals surface area contributed by atoms with Crippen LogP contribution in [-0.2, 0) is 14.2 Å². The zero-order valence-corrected chi connectivity index (χ0v) is 22.8. The molecule has 0 bridgehead atoms. The monoisotopic (exact) mass is 472 g/mol. The minimum absolute atomic E-state index is 0.331. The lowest BCUT2D eigenvalue weighted by Crippen LogP contribution is -2.51. The summed E-state index contributed by atoms with van der Waals surface area (Å²) in [5.41, 5.74) is 2.68. The SMILES string of the molecule is CC(C)COC[C@@H](C)[C@H]1CC[C@H]2[C@@H]3CC=C4C[C@@H](OC5CCCOC5)CC[C@]4(C)[C@H]3CC[C@]12C. The fourth-order valence-electron chi connectivity index (χ4n) is 9.42. The number of allylic oxidation sites excluding steroid dienone is 1. The maximum Gasteiger partial charge on any atom is 0.0813 e. The highest BCUT2D eigenvalue weighted by Crippen LogP contribution is 2.67. The molecule has 0 aromatic carbocycles. The van der Waals surface area contributed by atoms with Crippen molar-refractivity contribution in [3.63, 3.8) is 0 Å². The smallest absolute Gasteiger partial charge is 0.0813 e. The molecule has 4 fully saturated rings. The van der Waals surface area contributed by atoms with Crippen molar-refractivity contribution in [1.82, 2.24) is 0 Å². The molecule has 0 amide bonds. The summed E-state index contributed by atoms with van der Waals surface area (Å²) in [4.78, 5) is 0. The van der Waals surface area contributed by atoms with Gasteiger partial charge < -0.3 is 14.2 Å². The van der Waals surface area contributed by atoms with E-state index < -0.39 is 0 Å². The van der Waals surface area contributed by atoms with Gasteiger partial charge >= 0.3 is 0 Å². The summed E-state index contributed by atoms with van der Waals surface area (Å²) >= 11 is 0. The van der Waals surface area contributed by atoms with E-state index in [0.29, 0.717) is 34.9 Å². The van der Waals surface area contributed by atoms with Crippen molar-refractivity contribution < 1.29 is 14.2 Å². The molecule has 0 spiro atoms. The van der Waals surface area contributed by atoms with E-state index >= 15 is 0 Å². The highest BCUT2D eigenvalue weighted by atomic mass is 16.5. The van der Waals surface area contributed by atoms with Crippen LogP contribution in [0.2, 0.25) is 0 Å². The summed E-state index contributed by atoms with van der Waals surface area (Å²) < 4.78 is 18.4. The lowest BCUT2D eigenvalue weighted by molar-refractivity contribution is -0.106. The second-order valence-corrected chi connectivity index (χ2v) is 13.7. The predicted octanol–water partition coefficient (Wildman–Crippen LogP) is 7.44. The Morgan fingerprint density at radius 3 is 2.59 bits per heavy atom. The third-order valence-corrected chi connectivity index (χ3v) is 11.2. The van der Waals surface area contributed by atoms with E-state index in [-0.39, 0.29) is 0 Å². The molecule has 0 aromatic rings. The van der Waals surface area contributed by atoms with Crippen molar-refractivity contribution >= 4 is 0 Å². The lowest BCUT2D eigenvalue weighted by atomic mass is 9.47. The number of ether oxygens (including phenoxy) is 3. The second-order valence-electron chi connectivity index (χ2n) is 13.7. The van der Waals surface area contributed by atoms with Crippen LogP contribution in [0.15, 0.2) is 11.6 Å². The largest absolute Gasteiger partial charge is 0.381 e. The summed E-state index contributed by atoms with van der Waals surface area (Å²) in [5, 5.41) is 0. The first-order valence-electron chi connectivity index (χ1n) is 14.8. The predicted molar refractivity (Wildman–Crippen MR) is 139 cm³/mol. The molecule has 34 heavy (non-hydrogen) atoms. The van der Waals surface area contributed by atoms with Gasteiger partial charge in [0.25, 0.3) is 0 Å². The third kappa shape index (κ3) is 4.68. The Hall–Kier alpha value is -0.380. The van der Waals surface area contributed by atoms with Gasteiger partial charge in [-0.05, 0) is 111 Å². The van der Waals surface area contributed by atoms with E-state index in [4.69, 9.17) is 14.2 Å². The first kappa shape index (κ1) is 25.3. The van der Waals surface area contributed by atoms with Crippen molar-refractivity contribution in [3.8, 4) is 0 Å².